The molecule has 104 valence electrons. The van der Waals surface area contributed by atoms with Gasteiger partial charge < -0.3 is 9.47 Å². The third-order valence-corrected chi connectivity index (χ3v) is 3.66. The van der Waals surface area contributed by atoms with Crippen molar-refractivity contribution < 1.29 is 19.1 Å². The Morgan fingerprint density at radius 3 is 2.72 bits per heavy atom. The lowest BCUT2D eigenvalue weighted by atomic mass is 9.70. The van der Waals surface area contributed by atoms with Crippen molar-refractivity contribution in [2.75, 3.05) is 20.3 Å². The maximum Gasteiger partial charge on any atom is 0.319 e. The van der Waals surface area contributed by atoms with Gasteiger partial charge in [0, 0.05) is 20.1 Å². The number of esters is 1. The molecular formula is C14H24O4. The van der Waals surface area contributed by atoms with Crippen LogP contribution in [0.5, 0.6) is 0 Å². The van der Waals surface area contributed by atoms with Gasteiger partial charge in [-0.05, 0) is 39.0 Å². The van der Waals surface area contributed by atoms with Gasteiger partial charge in [-0.3, -0.25) is 9.59 Å². The van der Waals surface area contributed by atoms with Crippen LogP contribution < -0.4 is 0 Å². The number of unbranched alkanes of at least 4 members (excludes halogenated alkanes) is 1. The number of ketones is 1. The second-order valence-corrected chi connectivity index (χ2v) is 4.88. The molecule has 0 saturated heterocycles. The molecule has 0 radical (unpaired) electrons. The lowest BCUT2D eigenvalue weighted by Gasteiger charge is -2.33. The van der Waals surface area contributed by atoms with E-state index in [1.165, 1.54) is 0 Å². The number of Topliss-reactive ketones (excluding diaryl/α,β-unsaturated/α-hetero) is 1. The van der Waals surface area contributed by atoms with Crippen LogP contribution in [0.3, 0.4) is 0 Å². The molecule has 1 aliphatic rings. The Balaban J connectivity index is 2.67. The maximum absolute atomic E-state index is 12.2. The Morgan fingerprint density at radius 1 is 1.33 bits per heavy atom. The van der Waals surface area contributed by atoms with Gasteiger partial charge in [-0.15, -0.1) is 0 Å². The third-order valence-electron chi connectivity index (χ3n) is 3.66. The summed E-state index contributed by atoms with van der Waals surface area (Å²) in [5.41, 5.74) is -0.859. The molecule has 0 amide bonds. The van der Waals surface area contributed by atoms with Gasteiger partial charge in [0.2, 0.25) is 0 Å². The fraction of sp³-hybridized carbons (Fsp3) is 0.857. The highest BCUT2D eigenvalue weighted by Crippen LogP contribution is 2.39. The average molecular weight is 256 g/mol. The first kappa shape index (κ1) is 15.2. The molecule has 0 bridgehead atoms. The van der Waals surface area contributed by atoms with Gasteiger partial charge in [-0.1, -0.05) is 6.42 Å². The smallest absolute Gasteiger partial charge is 0.319 e. The Hall–Kier alpha value is -0.900. The Morgan fingerprint density at radius 2 is 2.11 bits per heavy atom. The SMILES string of the molecule is CCOC(=O)C1(CCCCOC)CCCCC1=O. The molecule has 4 heteroatoms. The molecule has 0 N–H and O–H groups in total. The van der Waals surface area contributed by atoms with Crippen LogP contribution >= 0.6 is 0 Å². The minimum Gasteiger partial charge on any atom is -0.465 e. The van der Waals surface area contributed by atoms with Crippen LogP contribution in [-0.2, 0) is 19.1 Å². The van der Waals surface area contributed by atoms with E-state index in [-0.39, 0.29) is 11.8 Å². The number of ether oxygens (including phenoxy) is 2. The summed E-state index contributed by atoms with van der Waals surface area (Å²) in [6.07, 6.45) is 5.32. The zero-order valence-electron chi connectivity index (χ0n) is 11.5. The van der Waals surface area contributed by atoms with Crippen molar-refractivity contribution in [3.05, 3.63) is 0 Å². The average Bonchev–Trinajstić information content (AvgIpc) is 2.37. The minimum absolute atomic E-state index is 0.0737. The topological polar surface area (TPSA) is 52.6 Å². The molecule has 1 fully saturated rings. The second kappa shape index (κ2) is 7.52. The molecule has 0 aromatic carbocycles. The van der Waals surface area contributed by atoms with Crippen LogP contribution in [0.4, 0.5) is 0 Å². The number of carbonyl (C=O) groups excluding carboxylic acids is 2. The lowest BCUT2D eigenvalue weighted by molar-refractivity contribution is -0.163. The monoisotopic (exact) mass is 256 g/mol. The highest BCUT2D eigenvalue weighted by molar-refractivity contribution is 6.04. The summed E-state index contributed by atoms with van der Waals surface area (Å²) < 4.78 is 10.1. The van der Waals surface area contributed by atoms with Gasteiger partial charge in [-0.2, -0.15) is 0 Å². The van der Waals surface area contributed by atoms with Crippen molar-refractivity contribution in [2.24, 2.45) is 5.41 Å². The number of hydrogen-bond donors (Lipinski definition) is 0. The zero-order valence-corrected chi connectivity index (χ0v) is 11.5. The molecule has 1 unspecified atom stereocenters. The molecule has 0 aliphatic heterocycles. The van der Waals surface area contributed by atoms with Crippen LogP contribution in [0.25, 0.3) is 0 Å². The van der Waals surface area contributed by atoms with Crippen molar-refractivity contribution in [2.45, 2.75) is 51.9 Å². The summed E-state index contributed by atoms with van der Waals surface area (Å²) in [4.78, 5) is 24.3. The summed E-state index contributed by atoms with van der Waals surface area (Å²) in [6.45, 7) is 2.79. The molecule has 1 atom stereocenters. The summed E-state index contributed by atoms with van der Waals surface area (Å²) in [5, 5.41) is 0. The minimum atomic E-state index is -0.859. The van der Waals surface area contributed by atoms with E-state index in [1.807, 2.05) is 0 Å². The van der Waals surface area contributed by atoms with Crippen LogP contribution in [0, 0.1) is 5.41 Å². The molecule has 1 aliphatic carbocycles. The van der Waals surface area contributed by atoms with Gasteiger partial charge in [0.05, 0.1) is 6.61 Å². The van der Waals surface area contributed by atoms with E-state index in [0.29, 0.717) is 32.5 Å². The van der Waals surface area contributed by atoms with E-state index in [2.05, 4.69) is 0 Å². The van der Waals surface area contributed by atoms with E-state index in [0.717, 1.165) is 25.7 Å². The van der Waals surface area contributed by atoms with Crippen molar-refractivity contribution in [1.29, 1.82) is 0 Å². The second-order valence-electron chi connectivity index (χ2n) is 4.88. The Bertz CT molecular complexity index is 288. The fourth-order valence-electron chi connectivity index (χ4n) is 2.62. The van der Waals surface area contributed by atoms with Gasteiger partial charge in [-0.25, -0.2) is 0 Å². The van der Waals surface area contributed by atoms with Crippen molar-refractivity contribution in [3.8, 4) is 0 Å². The fourth-order valence-corrected chi connectivity index (χ4v) is 2.62. The molecule has 1 saturated carbocycles. The summed E-state index contributed by atoms with van der Waals surface area (Å²) in [6, 6.07) is 0. The normalized spacial score (nSPS) is 24.0. The van der Waals surface area contributed by atoms with Crippen LogP contribution in [0.1, 0.15) is 51.9 Å². The molecule has 0 aromatic rings. The quantitative estimate of drug-likeness (QED) is 0.399. The van der Waals surface area contributed by atoms with E-state index in [9.17, 15) is 9.59 Å². The molecule has 4 nitrogen and oxygen atoms in total. The van der Waals surface area contributed by atoms with Gasteiger partial charge >= 0.3 is 5.97 Å². The van der Waals surface area contributed by atoms with Gasteiger partial charge in [0.25, 0.3) is 0 Å². The van der Waals surface area contributed by atoms with Crippen LogP contribution in [0.15, 0.2) is 0 Å². The number of hydrogen-bond acceptors (Lipinski definition) is 4. The summed E-state index contributed by atoms with van der Waals surface area (Å²) in [5.74, 6) is -0.239. The van der Waals surface area contributed by atoms with Crippen molar-refractivity contribution >= 4 is 11.8 Å². The predicted molar refractivity (Wildman–Crippen MR) is 68.3 cm³/mol. The molecule has 0 aromatic heterocycles. The standard InChI is InChI=1S/C14H24O4/c1-3-18-13(16)14(10-6-7-11-17-2)9-5-4-8-12(14)15/h3-11H2,1-2H3. The Kier molecular flexibility index (Phi) is 6.33. The summed E-state index contributed by atoms with van der Waals surface area (Å²) >= 11 is 0. The van der Waals surface area contributed by atoms with Crippen LogP contribution in [0.2, 0.25) is 0 Å². The van der Waals surface area contributed by atoms with Crippen LogP contribution in [-0.4, -0.2) is 32.1 Å². The first-order valence-corrected chi connectivity index (χ1v) is 6.87. The molecule has 0 heterocycles. The van der Waals surface area contributed by atoms with E-state index in [1.54, 1.807) is 14.0 Å². The molecule has 18 heavy (non-hydrogen) atoms. The molecule has 0 spiro atoms. The van der Waals surface area contributed by atoms with E-state index >= 15 is 0 Å². The number of rotatable bonds is 7. The zero-order chi connectivity index (χ0) is 13.4. The molecule has 1 rings (SSSR count). The third kappa shape index (κ3) is 3.55. The number of carbonyl (C=O) groups is 2. The highest BCUT2D eigenvalue weighted by atomic mass is 16.5. The molecular weight excluding hydrogens is 232 g/mol. The predicted octanol–water partition coefficient (Wildman–Crippen LogP) is 2.50. The first-order valence-electron chi connectivity index (χ1n) is 6.87. The maximum atomic E-state index is 12.2. The van der Waals surface area contributed by atoms with Crippen molar-refractivity contribution in [1.82, 2.24) is 0 Å². The van der Waals surface area contributed by atoms with Crippen molar-refractivity contribution in [3.63, 3.8) is 0 Å². The largest absolute Gasteiger partial charge is 0.465 e. The Labute approximate surface area is 109 Å². The summed E-state index contributed by atoms with van der Waals surface area (Å²) in [7, 11) is 1.66. The van der Waals surface area contributed by atoms with Gasteiger partial charge in [0.1, 0.15) is 11.2 Å². The lowest BCUT2D eigenvalue weighted by Crippen LogP contribution is -2.43. The van der Waals surface area contributed by atoms with E-state index < -0.39 is 5.41 Å². The number of methoxy groups -OCH3 is 1. The highest BCUT2D eigenvalue weighted by Gasteiger charge is 2.47. The van der Waals surface area contributed by atoms with E-state index in [4.69, 9.17) is 9.47 Å². The van der Waals surface area contributed by atoms with Gasteiger partial charge in [0.15, 0.2) is 0 Å². The first-order chi connectivity index (χ1) is 8.67.